The first-order valence-corrected chi connectivity index (χ1v) is 4.06. The standard InChI is InChI=1S/C7H9BrClN/c1-3-6(2)5-10-7(8)4-9/h3-5H,1-2H3/b6-3-,7-4+,10-5-. The number of nitrogens with zero attached hydrogens (tertiary/aromatic N) is 1. The van der Waals surface area contributed by atoms with Crippen molar-refractivity contribution in [3.05, 3.63) is 21.8 Å². The van der Waals surface area contributed by atoms with Gasteiger partial charge in [-0.1, -0.05) is 17.7 Å². The Bertz CT molecular complexity index is 162. The van der Waals surface area contributed by atoms with Crippen LogP contribution in [0, 0.1) is 0 Å². The summed E-state index contributed by atoms with van der Waals surface area (Å²) < 4.78 is 0.635. The quantitative estimate of drug-likeness (QED) is 0.501. The SMILES string of the molecule is C\C=C(C)/C=N\C(Br)=C\Cl. The number of aliphatic imine (C=N–C) groups is 1. The molecule has 1 nitrogen and oxygen atoms in total. The van der Waals surface area contributed by atoms with E-state index in [2.05, 4.69) is 20.9 Å². The number of hydrogen-bond donors (Lipinski definition) is 0. The molecule has 0 aliphatic rings. The Morgan fingerprint density at radius 3 is 2.60 bits per heavy atom. The maximum absolute atomic E-state index is 5.34. The van der Waals surface area contributed by atoms with Crippen molar-refractivity contribution in [3.63, 3.8) is 0 Å². The van der Waals surface area contributed by atoms with Crippen LogP contribution in [0.25, 0.3) is 0 Å². The first-order chi connectivity index (χ1) is 4.70. The first kappa shape index (κ1) is 9.92. The van der Waals surface area contributed by atoms with Crippen LogP contribution in [0.5, 0.6) is 0 Å². The third-order valence-corrected chi connectivity index (χ3v) is 1.84. The fourth-order valence-electron chi connectivity index (χ4n) is 0.266. The van der Waals surface area contributed by atoms with Gasteiger partial charge in [0.2, 0.25) is 0 Å². The van der Waals surface area contributed by atoms with Crippen molar-refractivity contribution in [2.75, 3.05) is 0 Å². The van der Waals surface area contributed by atoms with Gasteiger partial charge in [0.15, 0.2) is 0 Å². The lowest BCUT2D eigenvalue weighted by Gasteiger charge is -1.86. The normalized spacial score (nSPS) is 14.8. The number of halogens is 2. The second-order valence-corrected chi connectivity index (χ2v) is 2.75. The molecule has 0 aliphatic heterocycles. The highest BCUT2D eigenvalue weighted by atomic mass is 79.9. The van der Waals surface area contributed by atoms with Crippen LogP contribution in [0.3, 0.4) is 0 Å². The summed E-state index contributed by atoms with van der Waals surface area (Å²) in [6.45, 7) is 3.93. The van der Waals surface area contributed by atoms with E-state index in [1.165, 1.54) is 5.54 Å². The summed E-state index contributed by atoms with van der Waals surface area (Å²) in [5, 5.41) is 0. The topological polar surface area (TPSA) is 12.4 Å². The molecule has 56 valence electrons. The average Bonchev–Trinajstić information content (AvgIpc) is 1.99. The van der Waals surface area contributed by atoms with E-state index in [4.69, 9.17) is 11.6 Å². The van der Waals surface area contributed by atoms with E-state index in [0.717, 1.165) is 5.57 Å². The molecule has 0 atom stereocenters. The van der Waals surface area contributed by atoms with Crippen LogP contribution in [0.2, 0.25) is 0 Å². The van der Waals surface area contributed by atoms with E-state index in [-0.39, 0.29) is 0 Å². The van der Waals surface area contributed by atoms with Gasteiger partial charge in [0, 0.05) is 11.7 Å². The van der Waals surface area contributed by atoms with Gasteiger partial charge in [-0.05, 0) is 35.4 Å². The van der Waals surface area contributed by atoms with Crippen molar-refractivity contribution in [2.45, 2.75) is 13.8 Å². The van der Waals surface area contributed by atoms with Crippen molar-refractivity contribution in [1.29, 1.82) is 0 Å². The molecule has 3 heteroatoms. The Morgan fingerprint density at radius 2 is 2.20 bits per heavy atom. The zero-order valence-corrected chi connectivity index (χ0v) is 8.28. The zero-order valence-electron chi connectivity index (χ0n) is 5.94. The summed E-state index contributed by atoms with van der Waals surface area (Å²) in [7, 11) is 0. The van der Waals surface area contributed by atoms with Crippen molar-refractivity contribution < 1.29 is 0 Å². The fraction of sp³-hybridized carbons (Fsp3) is 0.286. The van der Waals surface area contributed by atoms with Crippen LogP contribution < -0.4 is 0 Å². The molecule has 0 bridgehead atoms. The van der Waals surface area contributed by atoms with Gasteiger partial charge < -0.3 is 0 Å². The van der Waals surface area contributed by atoms with Crippen LogP contribution in [-0.2, 0) is 0 Å². The summed E-state index contributed by atoms with van der Waals surface area (Å²) in [6, 6.07) is 0. The molecule has 0 heterocycles. The predicted molar refractivity (Wildman–Crippen MR) is 50.8 cm³/mol. The fourth-order valence-corrected chi connectivity index (χ4v) is 0.425. The van der Waals surface area contributed by atoms with Gasteiger partial charge in [0.05, 0.1) is 0 Å². The lowest BCUT2D eigenvalue weighted by molar-refractivity contribution is 1.50. The van der Waals surface area contributed by atoms with Gasteiger partial charge in [-0.2, -0.15) is 0 Å². The van der Waals surface area contributed by atoms with E-state index in [1.807, 2.05) is 19.9 Å². The van der Waals surface area contributed by atoms with Crippen LogP contribution in [0.15, 0.2) is 26.8 Å². The van der Waals surface area contributed by atoms with Gasteiger partial charge in [-0.3, -0.25) is 0 Å². The van der Waals surface area contributed by atoms with Crippen LogP contribution in [-0.4, -0.2) is 6.21 Å². The molecule has 0 aromatic carbocycles. The first-order valence-electron chi connectivity index (χ1n) is 2.83. The maximum Gasteiger partial charge on any atom is 0.117 e. The highest BCUT2D eigenvalue weighted by Gasteiger charge is 1.81. The summed E-state index contributed by atoms with van der Waals surface area (Å²) in [5.41, 5.74) is 2.48. The number of hydrogen-bond acceptors (Lipinski definition) is 1. The molecular formula is C7H9BrClN. The molecule has 0 aliphatic carbocycles. The summed E-state index contributed by atoms with van der Waals surface area (Å²) in [5.74, 6) is 0. The van der Waals surface area contributed by atoms with E-state index in [1.54, 1.807) is 6.21 Å². The van der Waals surface area contributed by atoms with E-state index < -0.39 is 0 Å². The monoisotopic (exact) mass is 221 g/mol. The number of allylic oxidation sites excluding steroid dienone is 2. The average molecular weight is 223 g/mol. The van der Waals surface area contributed by atoms with Crippen LogP contribution in [0.1, 0.15) is 13.8 Å². The molecule has 0 rings (SSSR count). The van der Waals surface area contributed by atoms with Gasteiger partial charge in [-0.25, -0.2) is 4.99 Å². The third-order valence-electron chi connectivity index (χ3n) is 0.937. The van der Waals surface area contributed by atoms with E-state index >= 15 is 0 Å². The molecule has 0 spiro atoms. The summed E-state index contributed by atoms with van der Waals surface area (Å²) >= 11 is 8.48. The van der Waals surface area contributed by atoms with Crippen molar-refractivity contribution in [1.82, 2.24) is 0 Å². The minimum atomic E-state index is 0.635. The molecular weight excluding hydrogens is 213 g/mol. The second kappa shape index (κ2) is 5.69. The molecule has 0 radical (unpaired) electrons. The lowest BCUT2D eigenvalue weighted by Crippen LogP contribution is -1.74. The second-order valence-electron chi connectivity index (χ2n) is 1.72. The third kappa shape index (κ3) is 4.77. The van der Waals surface area contributed by atoms with Crippen LogP contribution in [0.4, 0.5) is 0 Å². The Kier molecular flexibility index (Phi) is 5.64. The minimum absolute atomic E-state index is 0.635. The predicted octanol–water partition coefficient (Wildman–Crippen LogP) is 3.46. The zero-order chi connectivity index (χ0) is 7.98. The molecule has 0 amide bonds. The van der Waals surface area contributed by atoms with Gasteiger partial charge in [-0.15, -0.1) is 0 Å². The molecule has 0 aromatic rings. The molecule has 0 N–H and O–H groups in total. The molecule has 0 saturated heterocycles. The summed E-state index contributed by atoms with van der Waals surface area (Å²) in [4.78, 5) is 3.97. The minimum Gasteiger partial charge on any atom is -0.248 e. The highest BCUT2D eigenvalue weighted by molar-refractivity contribution is 9.11. The van der Waals surface area contributed by atoms with Gasteiger partial charge >= 0.3 is 0 Å². The van der Waals surface area contributed by atoms with E-state index in [0.29, 0.717) is 4.61 Å². The lowest BCUT2D eigenvalue weighted by atomic mass is 10.3. The van der Waals surface area contributed by atoms with Gasteiger partial charge in [0.1, 0.15) is 4.61 Å². The highest BCUT2D eigenvalue weighted by Crippen LogP contribution is 2.07. The van der Waals surface area contributed by atoms with Crippen LogP contribution >= 0.6 is 27.5 Å². The largest absolute Gasteiger partial charge is 0.248 e. The van der Waals surface area contributed by atoms with Crippen molar-refractivity contribution in [2.24, 2.45) is 4.99 Å². The summed E-state index contributed by atoms with van der Waals surface area (Å²) in [6.07, 6.45) is 3.71. The number of rotatable bonds is 2. The van der Waals surface area contributed by atoms with E-state index in [9.17, 15) is 0 Å². The van der Waals surface area contributed by atoms with Crippen molar-refractivity contribution >= 4 is 33.7 Å². The Labute approximate surface area is 74.6 Å². The Morgan fingerprint density at radius 1 is 1.60 bits per heavy atom. The molecule has 0 unspecified atom stereocenters. The Balaban J connectivity index is 4.01. The Hall–Kier alpha value is -0.0800. The molecule has 0 fully saturated rings. The maximum atomic E-state index is 5.34. The molecule has 0 saturated carbocycles. The molecule has 0 aromatic heterocycles. The molecule has 10 heavy (non-hydrogen) atoms. The van der Waals surface area contributed by atoms with Crippen molar-refractivity contribution in [3.8, 4) is 0 Å². The van der Waals surface area contributed by atoms with Gasteiger partial charge in [0.25, 0.3) is 0 Å². The smallest absolute Gasteiger partial charge is 0.117 e.